The van der Waals surface area contributed by atoms with E-state index >= 15 is 0 Å². The average molecular weight is 742 g/mol. The molecular weight excluding hydrogens is 726 g/mol. The van der Waals surface area contributed by atoms with Gasteiger partial charge in [0.25, 0.3) is 11.8 Å². The van der Waals surface area contributed by atoms with Crippen LogP contribution >= 0.6 is 55.1 Å². The van der Waals surface area contributed by atoms with E-state index in [-0.39, 0.29) is 30.2 Å². The number of carbonyl (C=O) groups excluding carboxylic acids is 2. The molecule has 0 aliphatic carbocycles. The van der Waals surface area contributed by atoms with Gasteiger partial charge in [0.2, 0.25) is 5.60 Å². The van der Waals surface area contributed by atoms with Crippen LogP contribution in [0.1, 0.15) is 37.4 Å². The van der Waals surface area contributed by atoms with E-state index in [0.29, 0.717) is 16.8 Å². The van der Waals surface area contributed by atoms with Crippen LogP contribution in [0.2, 0.25) is 10.0 Å². The lowest BCUT2D eigenvalue weighted by atomic mass is 9.85. The first-order valence-corrected chi connectivity index (χ1v) is 14.0. The molecule has 13 heteroatoms. The van der Waals surface area contributed by atoms with E-state index in [1.54, 1.807) is 6.07 Å². The third kappa shape index (κ3) is 6.64. The number of halogens is 7. The molecule has 0 aliphatic heterocycles. The van der Waals surface area contributed by atoms with Gasteiger partial charge in [-0.15, -0.1) is 0 Å². The van der Waals surface area contributed by atoms with Crippen molar-refractivity contribution in [2.75, 3.05) is 10.6 Å². The predicted molar refractivity (Wildman–Crippen MR) is 161 cm³/mol. The lowest BCUT2D eigenvalue weighted by Gasteiger charge is -2.32. The van der Waals surface area contributed by atoms with Gasteiger partial charge in [-0.1, -0.05) is 29.3 Å². The number of alkyl halides is 3. The second kappa shape index (κ2) is 12.5. The smallest absolute Gasteiger partial charge is 0.372 e. The maximum Gasteiger partial charge on any atom is 0.425 e. The van der Waals surface area contributed by atoms with Crippen LogP contribution in [-0.2, 0) is 5.60 Å². The van der Waals surface area contributed by atoms with Crippen LogP contribution in [0.3, 0.4) is 0 Å². The lowest BCUT2D eigenvalue weighted by molar-refractivity contribution is -0.248. The van der Waals surface area contributed by atoms with Crippen molar-refractivity contribution < 1.29 is 27.9 Å². The number of nitrogens with one attached hydrogen (secondary N) is 2. The van der Waals surface area contributed by atoms with E-state index < -0.39 is 34.7 Å². The van der Waals surface area contributed by atoms with Gasteiger partial charge in [-0.25, -0.2) is 0 Å². The molecule has 0 fully saturated rings. The van der Waals surface area contributed by atoms with Crippen molar-refractivity contribution in [1.29, 1.82) is 5.26 Å². The van der Waals surface area contributed by atoms with E-state index in [2.05, 4.69) is 42.5 Å². The third-order valence-corrected chi connectivity index (χ3v) is 7.74. The fourth-order valence-corrected chi connectivity index (χ4v) is 5.89. The zero-order chi connectivity index (χ0) is 30.8. The van der Waals surface area contributed by atoms with Crippen LogP contribution in [0.5, 0.6) is 0 Å². The van der Waals surface area contributed by atoms with Crippen molar-refractivity contribution in [2.24, 2.45) is 0 Å². The zero-order valence-electron chi connectivity index (χ0n) is 20.9. The standard InChI is InChI=1S/C29H16Br2Cl2F3N3O3/c30-23-11-19(28(42,29(34,35)36)18-9-20(32)13-21(33)10-18)12-24(31)25(23)39-27(41)17-2-1-3-22(8-17)38-26(40)16-6-4-15(14-37)5-7-16/h1-13,42H,(H,38,40)(H,39,41). The molecule has 3 N–H and O–H groups in total. The summed E-state index contributed by atoms with van der Waals surface area (Å²) in [6.45, 7) is 0. The summed E-state index contributed by atoms with van der Waals surface area (Å²) >= 11 is 18.2. The van der Waals surface area contributed by atoms with E-state index in [1.807, 2.05) is 6.07 Å². The first kappa shape index (κ1) is 31.5. The highest BCUT2D eigenvalue weighted by Gasteiger charge is 2.56. The van der Waals surface area contributed by atoms with Crippen LogP contribution in [0, 0.1) is 11.3 Å². The number of benzene rings is 4. The van der Waals surface area contributed by atoms with E-state index in [4.69, 9.17) is 28.5 Å². The molecule has 42 heavy (non-hydrogen) atoms. The molecule has 0 saturated carbocycles. The molecular formula is C29H16Br2Cl2F3N3O3. The van der Waals surface area contributed by atoms with Crippen molar-refractivity contribution in [3.05, 3.63) is 126 Å². The van der Waals surface area contributed by atoms with Crippen LogP contribution in [-0.4, -0.2) is 23.1 Å². The number of hydrogen-bond acceptors (Lipinski definition) is 4. The van der Waals surface area contributed by atoms with Gasteiger partial charge in [0.1, 0.15) is 0 Å². The van der Waals surface area contributed by atoms with Crippen molar-refractivity contribution in [3.63, 3.8) is 0 Å². The number of nitrogens with zero attached hydrogens (tertiary/aromatic N) is 1. The second-order valence-corrected chi connectivity index (χ2v) is 11.4. The maximum atomic E-state index is 14.3. The van der Waals surface area contributed by atoms with Crippen molar-refractivity contribution in [1.82, 2.24) is 0 Å². The van der Waals surface area contributed by atoms with E-state index in [1.165, 1.54) is 48.5 Å². The van der Waals surface area contributed by atoms with Crippen LogP contribution in [0.4, 0.5) is 24.5 Å². The van der Waals surface area contributed by atoms with Gasteiger partial charge >= 0.3 is 6.18 Å². The molecule has 4 aromatic carbocycles. The summed E-state index contributed by atoms with van der Waals surface area (Å²) in [6, 6.07) is 19.2. The molecule has 0 spiro atoms. The molecule has 2 amide bonds. The summed E-state index contributed by atoms with van der Waals surface area (Å²) in [7, 11) is 0. The van der Waals surface area contributed by atoms with E-state index in [9.17, 15) is 27.9 Å². The molecule has 1 atom stereocenters. The summed E-state index contributed by atoms with van der Waals surface area (Å²) in [6.07, 6.45) is -5.17. The molecule has 6 nitrogen and oxygen atoms in total. The number of aliphatic hydroxyl groups is 1. The Labute approximate surface area is 264 Å². The molecule has 4 aromatic rings. The number of hydrogen-bond donors (Lipinski definition) is 3. The fourth-order valence-electron chi connectivity index (χ4n) is 3.98. The summed E-state index contributed by atoms with van der Waals surface area (Å²) in [5, 5.41) is 25.0. The average Bonchev–Trinajstić information content (AvgIpc) is 2.93. The maximum absolute atomic E-state index is 14.3. The normalized spacial score (nSPS) is 12.6. The number of carbonyl (C=O) groups is 2. The predicted octanol–water partition coefficient (Wildman–Crippen LogP) is 8.69. The van der Waals surface area contributed by atoms with Crippen molar-refractivity contribution in [3.8, 4) is 6.07 Å². The van der Waals surface area contributed by atoms with Crippen LogP contribution < -0.4 is 10.6 Å². The highest BCUT2D eigenvalue weighted by atomic mass is 79.9. The van der Waals surface area contributed by atoms with Gasteiger partial charge in [0.05, 0.1) is 17.3 Å². The van der Waals surface area contributed by atoms with Gasteiger partial charge < -0.3 is 15.7 Å². The Morgan fingerprint density at radius 3 is 1.88 bits per heavy atom. The van der Waals surface area contributed by atoms with Gasteiger partial charge in [-0.05, 0) is 110 Å². The molecule has 0 heterocycles. The van der Waals surface area contributed by atoms with E-state index in [0.717, 1.165) is 24.3 Å². The quantitative estimate of drug-likeness (QED) is 0.184. The highest BCUT2D eigenvalue weighted by Crippen LogP contribution is 2.48. The molecule has 4 rings (SSSR count). The van der Waals surface area contributed by atoms with Gasteiger partial charge in [0.15, 0.2) is 0 Å². The lowest BCUT2D eigenvalue weighted by Crippen LogP contribution is -2.43. The number of amides is 2. The number of rotatable bonds is 6. The molecule has 0 bridgehead atoms. The Bertz CT molecular complexity index is 1700. The molecule has 214 valence electrons. The zero-order valence-corrected chi connectivity index (χ0v) is 25.5. The molecule has 1 unspecified atom stereocenters. The first-order valence-electron chi connectivity index (χ1n) is 11.7. The first-order chi connectivity index (χ1) is 19.7. The van der Waals surface area contributed by atoms with Gasteiger partial charge in [0, 0.05) is 41.4 Å². The summed E-state index contributed by atoms with van der Waals surface area (Å²) in [4.78, 5) is 25.7. The van der Waals surface area contributed by atoms with Crippen molar-refractivity contribution in [2.45, 2.75) is 11.8 Å². The Hall–Kier alpha value is -3.40. The van der Waals surface area contributed by atoms with Crippen molar-refractivity contribution >= 4 is 78.3 Å². The SMILES string of the molecule is N#Cc1ccc(C(=O)Nc2cccc(C(=O)Nc3c(Br)cc(C(O)(c4cc(Cl)cc(Cl)c4)C(F)(F)F)cc3Br)c2)cc1. The Kier molecular flexibility index (Phi) is 9.35. The molecule has 0 saturated heterocycles. The molecule has 0 aliphatic rings. The minimum Gasteiger partial charge on any atom is -0.372 e. The monoisotopic (exact) mass is 739 g/mol. The molecule has 0 radical (unpaired) electrons. The number of nitriles is 1. The Morgan fingerprint density at radius 2 is 1.33 bits per heavy atom. The van der Waals surface area contributed by atoms with Crippen LogP contribution in [0.25, 0.3) is 0 Å². The van der Waals surface area contributed by atoms with Crippen LogP contribution in [0.15, 0.2) is 87.8 Å². The third-order valence-electron chi connectivity index (χ3n) is 6.05. The van der Waals surface area contributed by atoms with Gasteiger partial charge in [-0.3, -0.25) is 9.59 Å². The Balaban J connectivity index is 1.60. The second-order valence-electron chi connectivity index (χ2n) is 8.86. The minimum atomic E-state index is -5.17. The number of anilines is 2. The largest absolute Gasteiger partial charge is 0.425 e. The molecule has 0 aromatic heterocycles. The van der Waals surface area contributed by atoms with Gasteiger partial charge in [-0.2, -0.15) is 18.4 Å². The summed E-state index contributed by atoms with van der Waals surface area (Å²) in [5.41, 5.74) is -3.43. The summed E-state index contributed by atoms with van der Waals surface area (Å²) in [5.74, 6) is -1.09. The Morgan fingerprint density at radius 1 is 0.786 bits per heavy atom. The fraction of sp³-hybridized carbons (Fsp3) is 0.0690. The topological polar surface area (TPSA) is 102 Å². The summed E-state index contributed by atoms with van der Waals surface area (Å²) < 4.78 is 43.0. The highest BCUT2D eigenvalue weighted by molar-refractivity contribution is 9.11. The minimum absolute atomic E-state index is 0.0290.